The monoisotopic (exact) mass is 255 g/mol. The van der Waals surface area contributed by atoms with Crippen LogP contribution in [-0.2, 0) is 4.79 Å². The maximum Gasteiger partial charge on any atom is 0.338 e. The molecule has 0 fully saturated rings. The van der Waals surface area contributed by atoms with E-state index >= 15 is 0 Å². The summed E-state index contributed by atoms with van der Waals surface area (Å²) in [5.41, 5.74) is -0.396. The highest BCUT2D eigenvalue weighted by Gasteiger charge is 2.10. The predicted molar refractivity (Wildman–Crippen MR) is 62.2 cm³/mol. The number of hydrogen-bond acceptors (Lipinski definition) is 3. The second-order valence-corrected chi connectivity index (χ2v) is 3.57. The van der Waals surface area contributed by atoms with Gasteiger partial charge >= 0.3 is 5.97 Å². The molecule has 98 valence electrons. The molecule has 5 nitrogen and oxygen atoms in total. The Kier molecular flexibility index (Phi) is 5.10. The van der Waals surface area contributed by atoms with Gasteiger partial charge < -0.3 is 15.2 Å². The molecule has 0 radical (unpaired) electrons. The summed E-state index contributed by atoms with van der Waals surface area (Å²) in [7, 11) is 1.54. The Hall–Kier alpha value is -2.11. The molecule has 0 aliphatic carbocycles. The molecule has 1 rings (SSSR count). The first-order valence-corrected chi connectivity index (χ1v) is 5.41. The summed E-state index contributed by atoms with van der Waals surface area (Å²) in [5.74, 6) is -2.01. The van der Waals surface area contributed by atoms with Crippen LogP contribution in [0.4, 0.5) is 4.39 Å². The standard InChI is InChI=1S/C12H14FNO4/c1-14-11(15)3-2-6-18-8-4-5-9(12(16)17)10(13)7-8/h4-5,7H,2-3,6H2,1H3,(H,14,15)(H,16,17). The SMILES string of the molecule is CNC(=O)CCCOc1ccc(C(=O)O)c(F)c1. The van der Waals surface area contributed by atoms with Crippen LogP contribution in [0.15, 0.2) is 18.2 Å². The Balaban J connectivity index is 2.46. The fourth-order valence-corrected chi connectivity index (χ4v) is 1.31. The molecule has 0 aliphatic rings. The first kappa shape index (κ1) is 14.0. The number of halogens is 1. The maximum atomic E-state index is 13.3. The van der Waals surface area contributed by atoms with E-state index in [9.17, 15) is 14.0 Å². The largest absolute Gasteiger partial charge is 0.493 e. The number of aromatic carboxylic acids is 1. The highest BCUT2D eigenvalue weighted by atomic mass is 19.1. The van der Waals surface area contributed by atoms with E-state index in [4.69, 9.17) is 9.84 Å². The normalized spacial score (nSPS) is 9.89. The highest BCUT2D eigenvalue weighted by Crippen LogP contribution is 2.17. The minimum absolute atomic E-state index is 0.0917. The van der Waals surface area contributed by atoms with E-state index in [-0.39, 0.29) is 18.3 Å². The van der Waals surface area contributed by atoms with Crippen molar-refractivity contribution >= 4 is 11.9 Å². The van der Waals surface area contributed by atoms with Crippen LogP contribution in [0.25, 0.3) is 0 Å². The summed E-state index contributed by atoms with van der Waals surface area (Å²) in [5, 5.41) is 11.1. The van der Waals surface area contributed by atoms with E-state index in [1.165, 1.54) is 6.07 Å². The number of benzene rings is 1. The van der Waals surface area contributed by atoms with Crippen molar-refractivity contribution in [1.29, 1.82) is 0 Å². The van der Waals surface area contributed by atoms with Crippen molar-refractivity contribution in [3.05, 3.63) is 29.6 Å². The molecule has 0 aromatic heterocycles. The lowest BCUT2D eigenvalue weighted by Crippen LogP contribution is -2.18. The molecule has 0 aliphatic heterocycles. The van der Waals surface area contributed by atoms with Gasteiger partial charge in [-0.25, -0.2) is 9.18 Å². The van der Waals surface area contributed by atoms with Crippen molar-refractivity contribution in [3.8, 4) is 5.75 Å². The summed E-state index contributed by atoms with van der Waals surface area (Å²) < 4.78 is 18.5. The van der Waals surface area contributed by atoms with Crippen LogP contribution >= 0.6 is 0 Å². The van der Waals surface area contributed by atoms with Crippen LogP contribution in [0.2, 0.25) is 0 Å². The molecule has 0 spiro atoms. The van der Waals surface area contributed by atoms with Gasteiger partial charge in [0, 0.05) is 19.5 Å². The average Bonchev–Trinajstić information content (AvgIpc) is 2.34. The number of hydrogen-bond donors (Lipinski definition) is 2. The van der Waals surface area contributed by atoms with Gasteiger partial charge in [0.15, 0.2) is 0 Å². The maximum absolute atomic E-state index is 13.3. The molecular formula is C12H14FNO4. The number of amides is 1. The molecule has 18 heavy (non-hydrogen) atoms. The number of ether oxygens (including phenoxy) is 1. The van der Waals surface area contributed by atoms with E-state index < -0.39 is 17.3 Å². The first-order valence-electron chi connectivity index (χ1n) is 5.41. The van der Waals surface area contributed by atoms with Crippen LogP contribution in [0.1, 0.15) is 23.2 Å². The van der Waals surface area contributed by atoms with Gasteiger partial charge in [0.25, 0.3) is 0 Å². The minimum Gasteiger partial charge on any atom is -0.493 e. The van der Waals surface area contributed by atoms with Gasteiger partial charge in [-0.15, -0.1) is 0 Å². The van der Waals surface area contributed by atoms with Gasteiger partial charge in [-0.05, 0) is 18.6 Å². The smallest absolute Gasteiger partial charge is 0.338 e. The number of carboxylic acids is 1. The third-order valence-electron chi connectivity index (χ3n) is 2.27. The predicted octanol–water partition coefficient (Wildman–Crippen LogP) is 1.43. The number of carbonyl (C=O) groups excluding carboxylic acids is 1. The molecule has 0 unspecified atom stereocenters. The van der Waals surface area contributed by atoms with Gasteiger partial charge in [0.05, 0.1) is 12.2 Å². The lowest BCUT2D eigenvalue weighted by Gasteiger charge is -2.06. The van der Waals surface area contributed by atoms with Crippen LogP contribution in [-0.4, -0.2) is 30.6 Å². The molecule has 1 amide bonds. The van der Waals surface area contributed by atoms with Gasteiger partial charge in [0.1, 0.15) is 11.6 Å². The average molecular weight is 255 g/mol. The molecule has 1 aromatic carbocycles. The summed E-state index contributed by atoms with van der Waals surface area (Å²) in [4.78, 5) is 21.5. The third kappa shape index (κ3) is 4.04. The third-order valence-corrected chi connectivity index (χ3v) is 2.27. The molecule has 2 N–H and O–H groups in total. The number of carboxylic acid groups (broad SMARTS) is 1. The molecule has 0 heterocycles. The molecule has 0 saturated heterocycles. The number of carbonyl (C=O) groups is 2. The lowest BCUT2D eigenvalue weighted by molar-refractivity contribution is -0.120. The first-order chi connectivity index (χ1) is 8.54. The van der Waals surface area contributed by atoms with E-state index in [0.29, 0.717) is 12.8 Å². The summed E-state index contributed by atoms with van der Waals surface area (Å²) >= 11 is 0. The van der Waals surface area contributed by atoms with E-state index in [2.05, 4.69) is 5.32 Å². The van der Waals surface area contributed by atoms with Gasteiger partial charge in [0.2, 0.25) is 5.91 Å². The van der Waals surface area contributed by atoms with Crippen molar-refractivity contribution in [2.75, 3.05) is 13.7 Å². The molecule has 0 saturated carbocycles. The summed E-state index contributed by atoms with van der Waals surface area (Å²) in [6, 6.07) is 3.54. The molecule has 0 atom stereocenters. The Morgan fingerprint density at radius 3 is 2.72 bits per heavy atom. The number of nitrogens with one attached hydrogen (secondary N) is 1. The van der Waals surface area contributed by atoms with Gasteiger partial charge in [-0.2, -0.15) is 0 Å². The van der Waals surface area contributed by atoms with E-state index in [1.807, 2.05) is 0 Å². The fraction of sp³-hybridized carbons (Fsp3) is 0.333. The Morgan fingerprint density at radius 2 is 2.17 bits per heavy atom. The lowest BCUT2D eigenvalue weighted by atomic mass is 10.2. The van der Waals surface area contributed by atoms with Crippen LogP contribution in [0, 0.1) is 5.82 Å². The van der Waals surface area contributed by atoms with Crippen molar-refractivity contribution in [2.24, 2.45) is 0 Å². The van der Waals surface area contributed by atoms with Crippen LogP contribution in [0.5, 0.6) is 5.75 Å². The van der Waals surface area contributed by atoms with Crippen molar-refractivity contribution in [2.45, 2.75) is 12.8 Å². The summed E-state index contributed by atoms with van der Waals surface area (Å²) in [6.07, 6.45) is 0.828. The Labute approximate surface area is 104 Å². The van der Waals surface area contributed by atoms with Crippen molar-refractivity contribution in [3.63, 3.8) is 0 Å². The van der Waals surface area contributed by atoms with Crippen molar-refractivity contribution in [1.82, 2.24) is 5.32 Å². The van der Waals surface area contributed by atoms with E-state index in [1.54, 1.807) is 7.05 Å². The Bertz CT molecular complexity index is 448. The van der Waals surface area contributed by atoms with Gasteiger partial charge in [-0.3, -0.25) is 4.79 Å². The fourth-order valence-electron chi connectivity index (χ4n) is 1.31. The zero-order chi connectivity index (χ0) is 13.5. The topological polar surface area (TPSA) is 75.6 Å². The quantitative estimate of drug-likeness (QED) is 0.754. The van der Waals surface area contributed by atoms with Crippen molar-refractivity contribution < 1.29 is 23.8 Å². The molecule has 6 heteroatoms. The second kappa shape index (κ2) is 6.58. The highest BCUT2D eigenvalue weighted by molar-refractivity contribution is 5.88. The van der Waals surface area contributed by atoms with Crippen LogP contribution in [0.3, 0.4) is 0 Å². The molecule has 1 aromatic rings. The Morgan fingerprint density at radius 1 is 1.44 bits per heavy atom. The minimum atomic E-state index is -1.32. The summed E-state index contributed by atoms with van der Waals surface area (Å²) in [6.45, 7) is 0.263. The zero-order valence-electron chi connectivity index (χ0n) is 9.90. The van der Waals surface area contributed by atoms with Crippen LogP contribution < -0.4 is 10.1 Å². The molecule has 0 bridgehead atoms. The van der Waals surface area contributed by atoms with Gasteiger partial charge in [-0.1, -0.05) is 0 Å². The van der Waals surface area contributed by atoms with E-state index in [0.717, 1.165) is 12.1 Å². The second-order valence-electron chi connectivity index (χ2n) is 3.57. The zero-order valence-corrected chi connectivity index (χ0v) is 9.90. The molecular weight excluding hydrogens is 241 g/mol. The number of rotatable bonds is 6.